The van der Waals surface area contributed by atoms with Crippen LogP contribution in [0.15, 0.2) is 33.5 Å². The first-order valence-corrected chi connectivity index (χ1v) is 10.2. The average Bonchev–Trinajstić information content (AvgIpc) is 2.79. The summed E-state index contributed by atoms with van der Waals surface area (Å²) < 4.78 is 21.0. The summed E-state index contributed by atoms with van der Waals surface area (Å²) in [6.07, 6.45) is -10.2. The number of aliphatic hydroxyl groups is 3. The number of hydrogen-bond donors (Lipinski definition) is 8. The first-order chi connectivity index (χ1) is 16.9. The predicted octanol–water partition coefficient (Wildman–Crippen LogP) is -0.438. The molecule has 3 aromatic rings. The van der Waals surface area contributed by atoms with Gasteiger partial charge in [0.1, 0.15) is 40.8 Å². The van der Waals surface area contributed by atoms with Crippen molar-refractivity contribution < 1.29 is 64.3 Å². The van der Waals surface area contributed by atoms with Crippen LogP contribution in [0.25, 0.3) is 22.3 Å². The van der Waals surface area contributed by atoms with Gasteiger partial charge < -0.3 is 59.5 Å². The number of carbonyl (C=O) groups is 1. The Morgan fingerprint density at radius 3 is 2.11 bits per heavy atom. The molecular weight excluding hydrogens is 488 g/mol. The Balaban J connectivity index is 1.94. The van der Waals surface area contributed by atoms with E-state index in [0.717, 1.165) is 24.3 Å². The fourth-order valence-electron chi connectivity index (χ4n) is 3.77. The highest BCUT2D eigenvalue weighted by atomic mass is 16.7. The zero-order valence-electron chi connectivity index (χ0n) is 18.2. The normalized spacial score (nSPS) is 23.9. The number of aliphatic hydroxyl groups excluding tert-OH is 3. The van der Waals surface area contributed by atoms with Gasteiger partial charge >= 0.3 is 5.97 Å². The van der Waals surface area contributed by atoms with Gasteiger partial charge in [-0.2, -0.15) is 0 Å². The summed E-state index contributed by atoms with van der Waals surface area (Å²) in [6, 6.07) is 3.84. The Kier molecular flexibility index (Phi) is 6.28. The number of aromatic hydroxyl groups is 4. The molecule has 0 spiro atoms. The van der Waals surface area contributed by atoms with Crippen molar-refractivity contribution in [2.75, 3.05) is 7.11 Å². The fraction of sp³-hybridized carbons (Fsp3) is 0.273. The Labute approximate surface area is 200 Å². The van der Waals surface area contributed by atoms with Crippen molar-refractivity contribution in [3.05, 3.63) is 34.5 Å². The van der Waals surface area contributed by atoms with Crippen molar-refractivity contribution in [1.29, 1.82) is 0 Å². The van der Waals surface area contributed by atoms with Crippen LogP contribution in [0.4, 0.5) is 0 Å². The molecule has 1 aromatic heterocycles. The molecule has 5 atom stereocenters. The minimum Gasteiger partial charge on any atom is -0.508 e. The van der Waals surface area contributed by atoms with Crippen molar-refractivity contribution in [1.82, 2.24) is 0 Å². The highest BCUT2D eigenvalue weighted by molar-refractivity contribution is 5.88. The van der Waals surface area contributed by atoms with Crippen LogP contribution in [0, 0.1) is 0 Å². The maximum Gasteiger partial charge on any atom is 0.335 e. The van der Waals surface area contributed by atoms with Crippen LogP contribution in [-0.2, 0) is 9.53 Å². The van der Waals surface area contributed by atoms with Gasteiger partial charge in [-0.3, -0.25) is 4.79 Å². The zero-order valence-corrected chi connectivity index (χ0v) is 18.2. The molecule has 0 saturated carbocycles. The van der Waals surface area contributed by atoms with E-state index in [9.17, 15) is 50.4 Å². The van der Waals surface area contributed by atoms with Gasteiger partial charge in [-0.05, 0) is 12.1 Å². The van der Waals surface area contributed by atoms with Crippen molar-refractivity contribution in [2.24, 2.45) is 0 Å². The quantitative estimate of drug-likeness (QED) is 0.218. The maximum absolute atomic E-state index is 13.3. The van der Waals surface area contributed by atoms with E-state index in [2.05, 4.69) is 0 Å². The van der Waals surface area contributed by atoms with Crippen molar-refractivity contribution >= 4 is 16.9 Å². The second-order valence-corrected chi connectivity index (χ2v) is 7.83. The number of methoxy groups -OCH3 is 1. The van der Waals surface area contributed by atoms with Gasteiger partial charge in [-0.15, -0.1) is 0 Å². The standard InChI is InChI=1S/C22H20O14/c1-33-18-9(25)2-6(3-10(18)26)17-19(13(27)12-8(24)4-7(23)5-11(12)34-17)35-22-16(30)14(28)15(29)20(36-22)21(31)32/h2-5,14-16,20,22-26,28-30H,1H3,(H,31,32)/t14-,15-,16+,20-,22+/m0/s1. The van der Waals surface area contributed by atoms with Gasteiger partial charge in [0.15, 0.2) is 23.4 Å². The molecule has 0 amide bonds. The predicted molar refractivity (Wildman–Crippen MR) is 116 cm³/mol. The molecule has 1 aliphatic heterocycles. The van der Waals surface area contributed by atoms with Crippen LogP contribution in [0.2, 0.25) is 0 Å². The highest BCUT2D eigenvalue weighted by Gasteiger charge is 2.48. The van der Waals surface area contributed by atoms with E-state index in [-0.39, 0.29) is 16.9 Å². The summed E-state index contributed by atoms with van der Waals surface area (Å²) in [7, 11) is 1.17. The Morgan fingerprint density at radius 2 is 1.53 bits per heavy atom. The van der Waals surface area contributed by atoms with Crippen molar-refractivity contribution in [2.45, 2.75) is 30.7 Å². The van der Waals surface area contributed by atoms with Crippen LogP contribution in [0.5, 0.6) is 34.5 Å². The van der Waals surface area contributed by atoms with E-state index < -0.39 is 82.0 Å². The van der Waals surface area contributed by atoms with E-state index in [1.807, 2.05) is 0 Å². The molecule has 8 N–H and O–H groups in total. The van der Waals surface area contributed by atoms with Gasteiger partial charge in [0.25, 0.3) is 0 Å². The molecule has 2 aromatic carbocycles. The third-order valence-corrected chi connectivity index (χ3v) is 5.48. The number of phenolic OH excluding ortho intramolecular Hbond substituents is 4. The summed E-state index contributed by atoms with van der Waals surface area (Å²) in [5, 5.41) is 79.5. The van der Waals surface area contributed by atoms with Gasteiger partial charge in [-0.1, -0.05) is 0 Å². The summed E-state index contributed by atoms with van der Waals surface area (Å²) in [5.41, 5.74) is -1.64. The molecule has 1 aliphatic rings. The van der Waals surface area contributed by atoms with Crippen LogP contribution in [-0.4, -0.2) is 84.6 Å². The number of hydrogen-bond acceptors (Lipinski definition) is 13. The lowest BCUT2D eigenvalue weighted by Crippen LogP contribution is -2.61. The minimum absolute atomic E-state index is 0.191. The first kappa shape index (κ1) is 24.9. The van der Waals surface area contributed by atoms with Crippen molar-refractivity contribution in [3.8, 4) is 45.8 Å². The number of ether oxygens (including phenoxy) is 3. The Morgan fingerprint density at radius 1 is 0.889 bits per heavy atom. The molecule has 14 heteroatoms. The molecule has 4 rings (SSSR count). The van der Waals surface area contributed by atoms with Crippen molar-refractivity contribution in [3.63, 3.8) is 0 Å². The lowest BCUT2D eigenvalue weighted by Gasteiger charge is -2.38. The third kappa shape index (κ3) is 4.07. The lowest BCUT2D eigenvalue weighted by molar-refractivity contribution is -0.271. The molecule has 0 aliphatic carbocycles. The molecule has 1 saturated heterocycles. The summed E-state index contributed by atoms with van der Waals surface area (Å²) in [4.78, 5) is 24.8. The molecule has 14 nitrogen and oxygen atoms in total. The topological polar surface area (TPSA) is 237 Å². The maximum atomic E-state index is 13.3. The lowest BCUT2D eigenvalue weighted by atomic mass is 9.99. The highest BCUT2D eigenvalue weighted by Crippen LogP contribution is 2.43. The molecule has 0 unspecified atom stereocenters. The number of rotatable bonds is 5. The molecule has 36 heavy (non-hydrogen) atoms. The van der Waals surface area contributed by atoms with Gasteiger partial charge in [-0.25, -0.2) is 4.79 Å². The van der Waals surface area contributed by atoms with E-state index in [0.29, 0.717) is 0 Å². The number of phenols is 4. The largest absolute Gasteiger partial charge is 0.508 e. The summed E-state index contributed by atoms with van der Waals surface area (Å²) >= 11 is 0. The van der Waals surface area contributed by atoms with Crippen LogP contribution in [0.3, 0.4) is 0 Å². The zero-order chi connectivity index (χ0) is 26.5. The van der Waals surface area contributed by atoms with Gasteiger partial charge in [0.05, 0.1) is 7.11 Å². The van der Waals surface area contributed by atoms with E-state index >= 15 is 0 Å². The molecule has 2 heterocycles. The van der Waals surface area contributed by atoms with E-state index in [4.69, 9.17) is 18.6 Å². The summed E-state index contributed by atoms with van der Waals surface area (Å²) in [6.45, 7) is 0. The van der Waals surface area contributed by atoms with Crippen LogP contribution >= 0.6 is 0 Å². The SMILES string of the molecule is COc1c(O)cc(-c2oc3cc(O)cc(O)c3c(=O)c2O[C@@H]2O[C@H](C(=O)O)[C@@H](O)[C@H](O)[C@H]2O)cc1O. The van der Waals surface area contributed by atoms with Crippen LogP contribution in [0.1, 0.15) is 0 Å². The smallest absolute Gasteiger partial charge is 0.335 e. The number of carboxylic acids is 1. The number of carboxylic acid groups (broad SMARTS) is 1. The van der Waals surface area contributed by atoms with Gasteiger partial charge in [0, 0.05) is 17.7 Å². The minimum atomic E-state index is -2.06. The molecule has 192 valence electrons. The third-order valence-electron chi connectivity index (χ3n) is 5.48. The monoisotopic (exact) mass is 508 g/mol. The van der Waals surface area contributed by atoms with Gasteiger partial charge in [0.2, 0.25) is 23.2 Å². The molecule has 0 radical (unpaired) electrons. The Hall–Kier alpha value is -4.24. The second kappa shape index (κ2) is 9.09. The van der Waals surface area contributed by atoms with E-state index in [1.165, 1.54) is 7.11 Å². The summed E-state index contributed by atoms with van der Waals surface area (Å²) in [5.74, 6) is -5.71. The molecular formula is C22H20O14. The average molecular weight is 508 g/mol. The number of aliphatic carboxylic acids is 1. The van der Waals surface area contributed by atoms with E-state index in [1.54, 1.807) is 0 Å². The molecule has 1 fully saturated rings. The molecule has 0 bridgehead atoms. The van der Waals surface area contributed by atoms with Crippen LogP contribution < -0.4 is 14.9 Å². The number of benzene rings is 2. The number of fused-ring (bicyclic) bond motifs is 1. The fourth-order valence-corrected chi connectivity index (χ4v) is 3.77. The second-order valence-electron chi connectivity index (χ2n) is 7.83. The Bertz CT molecular complexity index is 1370. The first-order valence-electron chi connectivity index (χ1n) is 10.2.